The Morgan fingerprint density at radius 2 is 1.85 bits per heavy atom. The fourth-order valence-electron chi connectivity index (χ4n) is 2.79. The second-order valence-corrected chi connectivity index (χ2v) is 8.32. The van der Waals surface area contributed by atoms with Gasteiger partial charge < -0.3 is 10.2 Å². The van der Waals surface area contributed by atoms with E-state index in [1.807, 2.05) is 24.3 Å². The molecule has 3 rings (SSSR count). The van der Waals surface area contributed by atoms with Crippen LogP contribution in [0.25, 0.3) is 0 Å². The molecule has 0 saturated carbocycles. The number of halogens is 1. The van der Waals surface area contributed by atoms with Crippen LogP contribution in [0, 0.1) is 19.7 Å². The number of hydrogen-bond donors (Lipinski definition) is 1. The first-order valence-corrected chi connectivity index (χ1v) is 10.1. The number of thiocarbonyl (C=S) groups is 1. The van der Waals surface area contributed by atoms with Gasteiger partial charge >= 0.3 is 0 Å². The molecule has 0 saturated heterocycles. The third-order valence-electron chi connectivity index (χ3n) is 4.37. The summed E-state index contributed by atoms with van der Waals surface area (Å²) in [5.41, 5.74) is 2.57. The van der Waals surface area contributed by atoms with E-state index in [1.165, 1.54) is 21.4 Å². The normalized spacial score (nSPS) is 10.6. The lowest BCUT2D eigenvalue weighted by molar-refractivity contribution is 0.427. The summed E-state index contributed by atoms with van der Waals surface area (Å²) in [4.78, 5) is 4.69. The van der Waals surface area contributed by atoms with Crippen molar-refractivity contribution in [2.75, 3.05) is 11.9 Å². The fourth-order valence-corrected chi connectivity index (χ4v) is 3.97. The number of rotatable bonds is 6. The monoisotopic (exact) mass is 398 g/mol. The lowest BCUT2D eigenvalue weighted by Gasteiger charge is -2.25. The van der Waals surface area contributed by atoms with Crippen molar-refractivity contribution in [3.05, 3.63) is 87.4 Å². The van der Waals surface area contributed by atoms with E-state index in [-0.39, 0.29) is 5.82 Å². The van der Waals surface area contributed by atoms with Crippen LogP contribution in [0.2, 0.25) is 0 Å². The lowest BCUT2D eigenvalue weighted by atomic mass is 10.1. The first kappa shape index (κ1) is 19.5. The molecule has 0 unspecified atom stereocenters. The van der Waals surface area contributed by atoms with Gasteiger partial charge in [-0.3, -0.25) is 0 Å². The van der Waals surface area contributed by atoms with E-state index in [9.17, 15) is 4.39 Å². The first-order valence-electron chi connectivity index (χ1n) is 8.92. The number of hydrogen-bond acceptors (Lipinski definition) is 2. The lowest BCUT2D eigenvalue weighted by Crippen LogP contribution is -2.35. The van der Waals surface area contributed by atoms with Crippen molar-refractivity contribution in [3.8, 4) is 0 Å². The van der Waals surface area contributed by atoms with Crippen LogP contribution in [0.5, 0.6) is 0 Å². The number of nitrogens with zero attached hydrogens (tertiary/aromatic N) is 1. The number of benzene rings is 2. The average Bonchev–Trinajstić information content (AvgIpc) is 3.07. The Bertz CT molecular complexity index is 906. The minimum Gasteiger partial charge on any atom is -0.344 e. The molecule has 3 aromatic rings. The number of thiophene rings is 1. The van der Waals surface area contributed by atoms with Gasteiger partial charge in [-0.05, 0) is 67.9 Å². The topological polar surface area (TPSA) is 15.3 Å². The maximum atomic E-state index is 13.9. The molecule has 1 heterocycles. The second-order valence-electron chi connectivity index (χ2n) is 6.56. The van der Waals surface area contributed by atoms with E-state index in [0.717, 1.165) is 19.5 Å². The standard InChI is InChI=1S/C22H23FN2S2/c1-16-8-10-19(14-21(16)23)24-22(26)25(15-20-11-9-17(2)27-20)13-12-18-6-4-3-5-7-18/h3-11,14H,12-13,15H2,1-2H3,(H,24,26). The molecule has 0 spiro atoms. The Balaban J connectivity index is 1.72. The Labute approximate surface area is 169 Å². The predicted molar refractivity (Wildman–Crippen MR) is 117 cm³/mol. The van der Waals surface area contributed by atoms with E-state index in [0.29, 0.717) is 16.4 Å². The van der Waals surface area contributed by atoms with E-state index >= 15 is 0 Å². The van der Waals surface area contributed by atoms with Gasteiger partial charge in [-0.15, -0.1) is 11.3 Å². The highest BCUT2D eigenvalue weighted by Gasteiger charge is 2.13. The van der Waals surface area contributed by atoms with Gasteiger partial charge in [0.1, 0.15) is 5.82 Å². The molecule has 0 bridgehead atoms. The summed E-state index contributed by atoms with van der Waals surface area (Å²) < 4.78 is 13.9. The van der Waals surface area contributed by atoms with Gasteiger partial charge in [-0.1, -0.05) is 36.4 Å². The predicted octanol–water partition coefficient (Wildman–Crippen LogP) is 5.95. The summed E-state index contributed by atoms with van der Waals surface area (Å²) in [6.45, 7) is 5.39. The maximum Gasteiger partial charge on any atom is 0.173 e. The highest BCUT2D eigenvalue weighted by molar-refractivity contribution is 7.80. The van der Waals surface area contributed by atoms with Crippen LogP contribution < -0.4 is 5.32 Å². The summed E-state index contributed by atoms with van der Waals surface area (Å²) in [6.07, 6.45) is 0.898. The average molecular weight is 399 g/mol. The first-order chi connectivity index (χ1) is 13.0. The van der Waals surface area contributed by atoms with Gasteiger partial charge in [0, 0.05) is 22.0 Å². The smallest absolute Gasteiger partial charge is 0.173 e. The van der Waals surface area contributed by atoms with Gasteiger partial charge in [-0.25, -0.2) is 4.39 Å². The molecule has 0 fully saturated rings. The van der Waals surface area contributed by atoms with Gasteiger partial charge in [0.2, 0.25) is 0 Å². The molecule has 0 amide bonds. The van der Waals surface area contributed by atoms with E-state index in [4.69, 9.17) is 12.2 Å². The molecule has 1 N–H and O–H groups in total. The molecular weight excluding hydrogens is 375 g/mol. The minimum atomic E-state index is -0.229. The summed E-state index contributed by atoms with van der Waals surface area (Å²) in [5, 5.41) is 3.81. The number of nitrogens with one attached hydrogen (secondary N) is 1. The van der Waals surface area contributed by atoms with Crippen LogP contribution in [-0.4, -0.2) is 16.6 Å². The molecular formula is C22H23FN2S2. The Kier molecular flexibility index (Phi) is 6.58. The largest absolute Gasteiger partial charge is 0.344 e. The van der Waals surface area contributed by atoms with Crippen molar-refractivity contribution in [2.45, 2.75) is 26.8 Å². The van der Waals surface area contributed by atoms with E-state index in [2.05, 4.69) is 41.4 Å². The summed E-state index contributed by atoms with van der Waals surface area (Å²) in [7, 11) is 0. The molecule has 1 aromatic heterocycles. The zero-order valence-electron chi connectivity index (χ0n) is 15.5. The quantitative estimate of drug-likeness (QED) is 0.517. The maximum absolute atomic E-state index is 13.9. The highest BCUT2D eigenvalue weighted by atomic mass is 32.1. The third kappa shape index (κ3) is 5.62. The molecule has 2 nitrogen and oxygen atoms in total. The van der Waals surface area contributed by atoms with Gasteiger partial charge in [0.15, 0.2) is 5.11 Å². The fraction of sp³-hybridized carbons (Fsp3) is 0.227. The van der Waals surface area contributed by atoms with E-state index in [1.54, 1.807) is 24.3 Å². The van der Waals surface area contributed by atoms with E-state index < -0.39 is 0 Å². The van der Waals surface area contributed by atoms with Crippen molar-refractivity contribution >= 4 is 34.4 Å². The Morgan fingerprint density at radius 3 is 2.52 bits per heavy atom. The van der Waals surface area contributed by atoms with Gasteiger partial charge in [0.05, 0.1) is 6.54 Å². The van der Waals surface area contributed by atoms with Crippen LogP contribution in [0.15, 0.2) is 60.7 Å². The molecule has 0 atom stereocenters. The molecule has 140 valence electrons. The van der Waals surface area contributed by atoms with Gasteiger partial charge in [0.25, 0.3) is 0 Å². The van der Waals surface area contributed by atoms with Crippen molar-refractivity contribution < 1.29 is 4.39 Å². The molecule has 0 aliphatic rings. The van der Waals surface area contributed by atoms with Crippen molar-refractivity contribution in [3.63, 3.8) is 0 Å². The van der Waals surface area contributed by atoms with Gasteiger partial charge in [-0.2, -0.15) is 0 Å². The van der Waals surface area contributed by atoms with Crippen LogP contribution in [0.1, 0.15) is 20.9 Å². The molecule has 2 aromatic carbocycles. The Morgan fingerprint density at radius 1 is 1.07 bits per heavy atom. The number of aryl methyl sites for hydroxylation is 2. The molecule has 0 radical (unpaired) electrons. The van der Waals surface area contributed by atoms with Crippen LogP contribution in [0.3, 0.4) is 0 Å². The van der Waals surface area contributed by atoms with Crippen LogP contribution >= 0.6 is 23.6 Å². The molecule has 0 aliphatic carbocycles. The zero-order chi connectivity index (χ0) is 19.2. The van der Waals surface area contributed by atoms with Crippen LogP contribution in [0.4, 0.5) is 10.1 Å². The SMILES string of the molecule is Cc1ccc(CN(CCc2ccccc2)C(=S)Nc2ccc(C)c(F)c2)s1. The van der Waals surface area contributed by atoms with Crippen molar-refractivity contribution in [1.29, 1.82) is 0 Å². The molecule has 5 heteroatoms. The number of anilines is 1. The van der Waals surface area contributed by atoms with Crippen molar-refractivity contribution in [2.24, 2.45) is 0 Å². The Hall–Kier alpha value is -2.24. The summed E-state index contributed by atoms with van der Waals surface area (Å²) >= 11 is 7.43. The molecule has 27 heavy (non-hydrogen) atoms. The minimum absolute atomic E-state index is 0.229. The zero-order valence-corrected chi connectivity index (χ0v) is 17.2. The van der Waals surface area contributed by atoms with Crippen molar-refractivity contribution in [1.82, 2.24) is 4.90 Å². The highest BCUT2D eigenvalue weighted by Crippen LogP contribution is 2.19. The third-order valence-corrected chi connectivity index (χ3v) is 5.71. The second kappa shape index (κ2) is 9.11. The summed E-state index contributed by atoms with van der Waals surface area (Å²) in [5.74, 6) is -0.229. The van der Waals surface area contributed by atoms with Crippen LogP contribution in [-0.2, 0) is 13.0 Å². The summed E-state index contributed by atoms with van der Waals surface area (Å²) in [6, 6.07) is 19.7. The molecule has 0 aliphatic heterocycles.